The van der Waals surface area contributed by atoms with E-state index in [9.17, 15) is 9.18 Å². The van der Waals surface area contributed by atoms with Gasteiger partial charge in [0.15, 0.2) is 0 Å². The fourth-order valence-corrected chi connectivity index (χ4v) is 2.81. The van der Waals surface area contributed by atoms with Crippen LogP contribution >= 0.6 is 11.5 Å². The standard InChI is InChI=1S/C16H15FN4OS/c1-10-7-13(17)3-4-14(10)20-16(22)11(2)21-6-5-18-15(21)12-8-19-23-9-12/h3-9,11H,1-2H3,(H,20,22). The third-order valence-corrected chi connectivity index (χ3v) is 4.19. The first kappa shape index (κ1) is 15.4. The van der Waals surface area contributed by atoms with Crippen molar-refractivity contribution in [2.45, 2.75) is 19.9 Å². The molecule has 118 valence electrons. The van der Waals surface area contributed by atoms with E-state index in [1.54, 1.807) is 43.1 Å². The van der Waals surface area contributed by atoms with Crippen LogP contribution in [-0.2, 0) is 4.79 Å². The SMILES string of the molecule is Cc1cc(F)ccc1NC(=O)C(C)n1ccnc1-c1cnsc1. The van der Waals surface area contributed by atoms with Gasteiger partial charge in [0.25, 0.3) is 0 Å². The highest BCUT2D eigenvalue weighted by atomic mass is 32.1. The maximum absolute atomic E-state index is 13.1. The van der Waals surface area contributed by atoms with Crippen LogP contribution in [-0.4, -0.2) is 19.8 Å². The van der Waals surface area contributed by atoms with Crippen LogP contribution in [0.1, 0.15) is 18.5 Å². The molecule has 0 saturated carbocycles. The number of anilines is 1. The molecule has 0 radical (unpaired) electrons. The van der Waals surface area contributed by atoms with Crippen molar-refractivity contribution in [3.8, 4) is 11.4 Å². The fourth-order valence-electron chi connectivity index (χ4n) is 2.30. The molecule has 1 N–H and O–H groups in total. The number of nitrogens with zero attached hydrogens (tertiary/aromatic N) is 3. The molecular weight excluding hydrogens is 315 g/mol. The van der Waals surface area contributed by atoms with Crippen LogP contribution in [0.15, 0.2) is 42.2 Å². The molecule has 0 saturated heterocycles. The molecule has 2 aromatic heterocycles. The Bertz CT molecular complexity index is 828. The Morgan fingerprint density at radius 2 is 2.26 bits per heavy atom. The summed E-state index contributed by atoms with van der Waals surface area (Å²) in [5, 5.41) is 4.71. The highest BCUT2D eigenvalue weighted by Crippen LogP contribution is 2.23. The predicted molar refractivity (Wildman–Crippen MR) is 87.8 cm³/mol. The third-order valence-electron chi connectivity index (χ3n) is 3.60. The second-order valence-electron chi connectivity index (χ2n) is 5.20. The molecule has 5 nitrogen and oxygen atoms in total. The Labute approximate surface area is 137 Å². The minimum absolute atomic E-state index is 0.192. The summed E-state index contributed by atoms with van der Waals surface area (Å²) in [6, 6.07) is 3.82. The largest absolute Gasteiger partial charge is 0.324 e. The number of carbonyl (C=O) groups excluding carboxylic acids is 1. The highest BCUT2D eigenvalue weighted by Gasteiger charge is 2.19. The zero-order valence-electron chi connectivity index (χ0n) is 12.7. The first-order valence-corrected chi connectivity index (χ1v) is 7.89. The maximum Gasteiger partial charge on any atom is 0.247 e. The van der Waals surface area contributed by atoms with Crippen molar-refractivity contribution in [1.29, 1.82) is 0 Å². The van der Waals surface area contributed by atoms with Gasteiger partial charge in [-0.25, -0.2) is 13.7 Å². The van der Waals surface area contributed by atoms with Crippen LogP contribution in [0.3, 0.4) is 0 Å². The first-order chi connectivity index (χ1) is 11.1. The molecule has 7 heteroatoms. The number of amides is 1. The van der Waals surface area contributed by atoms with Gasteiger partial charge in [0.05, 0.1) is 6.20 Å². The summed E-state index contributed by atoms with van der Waals surface area (Å²) in [5.74, 6) is 0.176. The number of hydrogen-bond donors (Lipinski definition) is 1. The second-order valence-corrected chi connectivity index (χ2v) is 5.85. The first-order valence-electron chi connectivity index (χ1n) is 7.06. The van der Waals surface area contributed by atoms with E-state index in [4.69, 9.17) is 0 Å². The summed E-state index contributed by atoms with van der Waals surface area (Å²) < 4.78 is 19.0. The molecule has 1 unspecified atom stereocenters. The zero-order valence-corrected chi connectivity index (χ0v) is 13.5. The fraction of sp³-hybridized carbons (Fsp3) is 0.188. The van der Waals surface area contributed by atoms with Crippen LogP contribution in [0.2, 0.25) is 0 Å². The Morgan fingerprint density at radius 1 is 1.43 bits per heavy atom. The van der Waals surface area contributed by atoms with Crippen LogP contribution in [0.25, 0.3) is 11.4 Å². The second kappa shape index (κ2) is 6.29. The minimum Gasteiger partial charge on any atom is -0.324 e. The molecule has 1 amide bonds. The average Bonchev–Trinajstić information content (AvgIpc) is 3.19. The van der Waals surface area contributed by atoms with Crippen molar-refractivity contribution >= 4 is 23.1 Å². The molecule has 2 heterocycles. The summed E-state index contributed by atoms with van der Waals surface area (Å²) >= 11 is 1.33. The number of imidazole rings is 1. The molecule has 0 aliphatic rings. The van der Waals surface area contributed by atoms with Gasteiger partial charge < -0.3 is 9.88 Å². The van der Waals surface area contributed by atoms with Crippen molar-refractivity contribution in [1.82, 2.24) is 13.9 Å². The summed E-state index contributed by atoms with van der Waals surface area (Å²) in [6.07, 6.45) is 5.13. The lowest BCUT2D eigenvalue weighted by Crippen LogP contribution is -2.24. The average molecular weight is 330 g/mol. The smallest absolute Gasteiger partial charge is 0.247 e. The Balaban J connectivity index is 1.82. The Kier molecular flexibility index (Phi) is 4.20. The Morgan fingerprint density at radius 3 is 2.96 bits per heavy atom. The zero-order chi connectivity index (χ0) is 16.4. The van der Waals surface area contributed by atoms with E-state index in [1.807, 2.05) is 5.38 Å². The van der Waals surface area contributed by atoms with Gasteiger partial charge in [-0.1, -0.05) is 0 Å². The topological polar surface area (TPSA) is 59.8 Å². The van der Waals surface area contributed by atoms with Crippen LogP contribution < -0.4 is 5.32 Å². The molecule has 0 spiro atoms. The molecule has 1 atom stereocenters. The summed E-state index contributed by atoms with van der Waals surface area (Å²) in [7, 11) is 0. The number of rotatable bonds is 4. The molecular formula is C16H15FN4OS. The molecule has 3 rings (SSSR count). The predicted octanol–water partition coefficient (Wildman–Crippen LogP) is 3.65. The van der Waals surface area contributed by atoms with Gasteiger partial charge in [-0.05, 0) is 49.1 Å². The van der Waals surface area contributed by atoms with Gasteiger partial charge in [0.1, 0.15) is 17.7 Å². The van der Waals surface area contributed by atoms with Gasteiger partial charge in [-0.15, -0.1) is 0 Å². The summed E-state index contributed by atoms with van der Waals surface area (Å²) in [4.78, 5) is 16.8. The molecule has 0 fully saturated rings. The number of carbonyl (C=O) groups is 1. The molecule has 23 heavy (non-hydrogen) atoms. The van der Waals surface area contributed by atoms with Crippen LogP contribution in [0.4, 0.5) is 10.1 Å². The van der Waals surface area contributed by atoms with E-state index in [2.05, 4.69) is 14.7 Å². The quantitative estimate of drug-likeness (QED) is 0.794. The highest BCUT2D eigenvalue weighted by molar-refractivity contribution is 7.03. The number of aryl methyl sites for hydroxylation is 1. The van der Waals surface area contributed by atoms with Crippen molar-refractivity contribution in [3.63, 3.8) is 0 Å². The maximum atomic E-state index is 13.1. The van der Waals surface area contributed by atoms with E-state index in [1.165, 1.54) is 23.7 Å². The van der Waals surface area contributed by atoms with Crippen LogP contribution in [0, 0.1) is 12.7 Å². The van der Waals surface area contributed by atoms with E-state index < -0.39 is 6.04 Å². The molecule has 0 bridgehead atoms. The summed E-state index contributed by atoms with van der Waals surface area (Å²) in [6.45, 7) is 3.54. The van der Waals surface area contributed by atoms with E-state index in [0.29, 0.717) is 17.1 Å². The number of nitrogens with one attached hydrogen (secondary N) is 1. The summed E-state index contributed by atoms with van der Waals surface area (Å²) in [5.41, 5.74) is 2.15. The molecule has 0 aliphatic carbocycles. The van der Waals surface area contributed by atoms with Gasteiger partial charge in [-0.3, -0.25) is 4.79 Å². The van der Waals surface area contributed by atoms with E-state index in [0.717, 1.165) is 5.56 Å². The molecule has 0 aliphatic heterocycles. The molecule has 3 aromatic rings. The lowest BCUT2D eigenvalue weighted by molar-refractivity contribution is -0.118. The number of hydrogen-bond acceptors (Lipinski definition) is 4. The lowest BCUT2D eigenvalue weighted by atomic mass is 10.2. The van der Waals surface area contributed by atoms with Gasteiger partial charge >= 0.3 is 0 Å². The van der Waals surface area contributed by atoms with Crippen LogP contribution in [0.5, 0.6) is 0 Å². The van der Waals surface area contributed by atoms with E-state index in [-0.39, 0.29) is 11.7 Å². The number of halogens is 1. The van der Waals surface area contributed by atoms with Crippen molar-refractivity contribution in [2.24, 2.45) is 0 Å². The lowest BCUT2D eigenvalue weighted by Gasteiger charge is -2.17. The number of aromatic nitrogens is 3. The van der Waals surface area contributed by atoms with E-state index >= 15 is 0 Å². The Hall–Kier alpha value is -2.54. The minimum atomic E-state index is -0.461. The monoisotopic (exact) mass is 330 g/mol. The van der Waals surface area contributed by atoms with Crippen molar-refractivity contribution < 1.29 is 9.18 Å². The normalized spacial score (nSPS) is 12.1. The molecule has 1 aromatic carbocycles. The van der Waals surface area contributed by atoms with Crippen molar-refractivity contribution in [2.75, 3.05) is 5.32 Å². The van der Waals surface area contributed by atoms with Gasteiger partial charge in [0, 0.05) is 29.0 Å². The van der Waals surface area contributed by atoms with Gasteiger partial charge in [0.2, 0.25) is 5.91 Å². The van der Waals surface area contributed by atoms with Gasteiger partial charge in [-0.2, -0.15) is 0 Å². The van der Waals surface area contributed by atoms with Crippen molar-refractivity contribution in [3.05, 3.63) is 53.6 Å². The third kappa shape index (κ3) is 3.14. The number of benzene rings is 1.